The van der Waals surface area contributed by atoms with E-state index in [0.29, 0.717) is 17.9 Å². The largest absolute Gasteiger partial charge is 0.481 e. The number of nitrogens with one attached hydrogen (secondary N) is 1. The van der Waals surface area contributed by atoms with Gasteiger partial charge >= 0.3 is 0 Å². The Morgan fingerprint density at radius 3 is 2.88 bits per heavy atom. The molecule has 1 heterocycles. The molecule has 0 saturated heterocycles. The molecule has 0 aliphatic heterocycles. The average molecular weight is 346 g/mol. The number of carbonyl (C=O) groups excluding carboxylic acids is 1. The smallest absolute Gasteiger partial charge is 0.261 e. The molecule has 0 radical (unpaired) electrons. The fourth-order valence-corrected chi connectivity index (χ4v) is 2.46. The maximum atomic E-state index is 12.3. The SMILES string of the molecule is CC(Oc1cccc(C#N)c1)C(=O)NCc1cccc(-n2cccn2)c1. The van der Waals surface area contributed by atoms with Gasteiger partial charge in [-0.2, -0.15) is 10.4 Å². The number of carbonyl (C=O) groups is 1. The fourth-order valence-electron chi connectivity index (χ4n) is 2.46. The average Bonchev–Trinajstić information content (AvgIpc) is 3.21. The van der Waals surface area contributed by atoms with Crippen molar-refractivity contribution >= 4 is 5.91 Å². The lowest BCUT2D eigenvalue weighted by Gasteiger charge is -2.15. The van der Waals surface area contributed by atoms with Crippen LogP contribution in [0.4, 0.5) is 0 Å². The molecule has 6 heteroatoms. The number of nitrogens with zero attached hydrogens (tertiary/aromatic N) is 3. The van der Waals surface area contributed by atoms with Crippen LogP contribution in [-0.2, 0) is 11.3 Å². The Labute approximate surface area is 151 Å². The number of benzene rings is 2. The molecule has 0 spiro atoms. The third-order valence-electron chi connectivity index (χ3n) is 3.79. The van der Waals surface area contributed by atoms with Gasteiger partial charge in [0.1, 0.15) is 5.75 Å². The second-order valence-electron chi connectivity index (χ2n) is 5.74. The van der Waals surface area contributed by atoms with Gasteiger partial charge < -0.3 is 10.1 Å². The molecule has 1 unspecified atom stereocenters. The molecule has 0 aliphatic carbocycles. The number of aromatic nitrogens is 2. The molecule has 6 nitrogen and oxygen atoms in total. The molecule has 0 aliphatic rings. The summed E-state index contributed by atoms with van der Waals surface area (Å²) in [6, 6.07) is 18.4. The van der Waals surface area contributed by atoms with Crippen LogP contribution >= 0.6 is 0 Å². The van der Waals surface area contributed by atoms with Crippen molar-refractivity contribution in [1.82, 2.24) is 15.1 Å². The first-order valence-electron chi connectivity index (χ1n) is 8.19. The summed E-state index contributed by atoms with van der Waals surface area (Å²) in [7, 11) is 0. The van der Waals surface area contributed by atoms with Gasteiger partial charge in [-0.15, -0.1) is 0 Å². The van der Waals surface area contributed by atoms with Crippen LogP contribution in [0, 0.1) is 11.3 Å². The highest BCUT2D eigenvalue weighted by molar-refractivity contribution is 5.80. The zero-order valence-corrected chi connectivity index (χ0v) is 14.3. The number of hydrogen-bond acceptors (Lipinski definition) is 4. The Morgan fingerprint density at radius 2 is 2.12 bits per heavy atom. The van der Waals surface area contributed by atoms with E-state index in [4.69, 9.17) is 10.00 Å². The Hall–Kier alpha value is -3.59. The second-order valence-corrected chi connectivity index (χ2v) is 5.74. The third-order valence-corrected chi connectivity index (χ3v) is 3.79. The van der Waals surface area contributed by atoms with Crippen molar-refractivity contribution in [3.63, 3.8) is 0 Å². The number of ether oxygens (including phenoxy) is 1. The van der Waals surface area contributed by atoms with Crippen LogP contribution in [0.15, 0.2) is 67.0 Å². The Bertz CT molecular complexity index is 929. The molecule has 130 valence electrons. The van der Waals surface area contributed by atoms with Gasteiger partial charge in [0.25, 0.3) is 5.91 Å². The van der Waals surface area contributed by atoms with Gasteiger partial charge in [-0.05, 0) is 48.9 Å². The first-order valence-corrected chi connectivity index (χ1v) is 8.19. The molecule has 0 fully saturated rings. The van der Waals surface area contributed by atoms with E-state index in [0.717, 1.165) is 11.3 Å². The van der Waals surface area contributed by atoms with Crippen molar-refractivity contribution in [3.05, 3.63) is 78.1 Å². The van der Waals surface area contributed by atoms with E-state index in [2.05, 4.69) is 10.4 Å². The zero-order valence-electron chi connectivity index (χ0n) is 14.3. The van der Waals surface area contributed by atoms with Crippen LogP contribution in [0.5, 0.6) is 5.75 Å². The first-order chi connectivity index (χ1) is 12.7. The lowest BCUT2D eigenvalue weighted by Crippen LogP contribution is -2.35. The number of nitriles is 1. The predicted molar refractivity (Wildman–Crippen MR) is 96.7 cm³/mol. The molecule has 0 saturated carbocycles. The molecule has 26 heavy (non-hydrogen) atoms. The first kappa shape index (κ1) is 17.2. The van der Waals surface area contributed by atoms with Crippen LogP contribution in [0.25, 0.3) is 5.69 Å². The van der Waals surface area contributed by atoms with E-state index in [1.165, 1.54) is 0 Å². The summed E-state index contributed by atoms with van der Waals surface area (Å²) in [4.78, 5) is 12.3. The van der Waals surface area contributed by atoms with Gasteiger partial charge in [-0.1, -0.05) is 18.2 Å². The van der Waals surface area contributed by atoms with Gasteiger partial charge in [0, 0.05) is 18.9 Å². The molecule has 1 aromatic heterocycles. The fraction of sp³-hybridized carbons (Fsp3) is 0.150. The van der Waals surface area contributed by atoms with E-state index >= 15 is 0 Å². The quantitative estimate of drug-likeness (QED) is 0.744. The zero-order chi connectivity index (χ0) is 18.4. The van der Waals surface area contributed by atoms with Crippen molar-refractivity contribution in [2.75, 3.05) is 0 Å². The lowest BCUT2D eigenvalue weighted by molar-refractivity contribution is -0.127. The molecule has 1 amide bonds. The van der Waals surface area contributed by atoms with Crippen molar-refractivity contribution in [2.45, 2.75) is 19.6 Å². The molecule has 2 aromatic carbocycles. The molecule has 0 bridgehead atoms. The molecular weight excluding hydrogens is 328 g/mol. The van der Waals surface area contributed by atoms with Crippen LogP contribution in [-0.4, -0.2) is 21.8 Å². The van der Waals surface area contributed by atoms with Crippen LogP contribution in [0.3, 0.4) is 0 Å². The van der Waals surface area contributed by atoms with Gasteiger partial charge in [-0.25, -0.2) is 4.68 Å². The van der Waals surface area contributed by atoms with E-state index in [1.807, 2.05) is 42.6 Å². The second kappa shape index (κ2) is 7.99. The van der Waals surface area contributed by atoms with Crippen molar-refractivity contribution < 1.29 is 9.53 Å². The number of amides is 1. The highest BCUT2D eigenvalue weighted by atomic mass is 16.5. The Balaban J connectivity index is 1.58. The minimum absolute atomic E-state index is 0.225. The standard InChI is InChI=1S/C20H18N4O2/c1-15(26-19-8-3-5-16(12-19)13-21)20(25)22-14-17-6-2-7-18(11-17)24-10-4-9-23-24/h2-12,15H,14H2,1H3,(H,22,25). The summed E-state index contributed by atoms with van der Waals surface area (Å²) in [5.41, 5.74) is 2.38. The molecule has 1 N–H and O–H groups in total. The van der Waals surface area contributed by atoms with Crippen LogP contribution in [0.2, 0.25) is 0 Å². The normalized spacial score (nSPS) is 11.4. The number of hydrogen-bond donors (Lipinski definition) is 1. The summed E-state index contributed by atoms with van der Waals surface area (Å²) in [5, 5.41) is 16.0. The van der Waals surface area contributed by atoms with Gasteiger partial charge in [0.15, 0.2) is 6.10 Å². The minimum atomic E-state index is -0.668. The maximum absolute atomic E-state index is 12.3. The number of rotatable bonds is 6. The summed E-state index contributed by atoms with van der Waals surface area (Å²) >= 11 is 0. The monoisotopic (exact) mass is 346 g/mol. The molecule has 3 aromatic rings. The maximum Gasteiger partial charge on any atom is 0.261 e. The highest BCUT2D eigenvalue weighted by Crippen LogP contribution is 2.14. The highest BCUT2D eigenvalue weighted by Gasteiger charge is 2.14. The predicted octanol–water partition coefficient (Wildman–Crippen LogP) is 2.83. The molecule has 1 atom stereocenters. The van der Waals surface area contributed by atoms with E-state index < -0.39 is 6.10 Å². The van der Waals surface area contributed by atoms with E-state index in [1.54, 1.807) is 42.1 Å². The summed E-state index contributed by atoms with van der Waals surface area (Å²) < 4.78 is 7.38. The summed E-state index contributed by atoms with van der Waals surface area (Å²) in [6.45, 7) is 2.06. The van der Waals surface area contributed by atoms with Gasteiger partial charge in [0.2, 0.25) is 0 Å². The van der Waals surface area contributed by atoms with Gasteiger partial charge in [-0.3, -0.25) is 4.79 Å². The summed E-state index contributed by atoms with van der Waals surface area (Å²) in [5.74, 6) is 0.268. The Morgan fingerprint density at radius 1 is 1.27 bits per heavy atom. The third kappa shape index (κ3) is 4.28. The topological polar surface area (TPSA) is 79.9 Å². The van der Waals surface area contributed by atoms with Crippen LogP contribution < -0.4 is 10.1 Å². The van der Waals surface area contributed by atoms with E-state index in [9.17, 15) is 4.79 Å². The van der Waals surface area contributed by atoms with Crippen molar-refractivity contribution in [3.8, 4) is 17.5 Å². The lowest BCUT2D eigenvalue weighted by atomic mass is 10.2. The molecule has 3 rings (SSSR count). The van der Waals surface area contributed by atoms with Crippen molar-refractivity contribution in [2.24, 2.45) is 0 Å². The van der Waals surface area contributed by atoms with Crippen LogP contribution in [0.1, 0.15) is 18.1 Å². The minimum Gasteiger partial charge on any atom is -0.481 e. The van der Waals surface area contributed by atoms with E-state index in [-0.39, 0.29) is 5.91 Å². The Kier molecular flexibility index (Phi) is 5.30. The summed E-state index contributed by atoms with van der Waals surface area (Å²) in [6.07, 6.45) is 2.91. The van der Waals surface area contributed by atoms with Crippen molar-refractivity contribution in [1.29, 1.82) is 5.26 Å². The molecular formula is C20H18N4O2. The van der Waals surface area contributed by atoms with Gasteiger partial charge in [0.05, 0.1) is 17.3 Å².